The Hall–Kier alpha value is -2.12. The van der Waals surface area contributed by atoms with E-state index in [0.717, 1.165) is 35.1 Å². The Morgan fingerprint density at radius 3 is 2.71 bits per heavy atom. The number of hydrogen-bond acceptors (Lipinski definition) is 6. The van der Waals surface area contributed by atoms with Gasteiger partial charge in [0, 0.05) is 55.0 Å². The third-order valence-electron chi connectivity index (χ3n) is 6.58. The van der Waals surface area contributed by atoms with E-state index >= 15 is 0 Å². The maximum absolute atomic E-state index is 6.45. The lowest BCUT2D eigenvalue weighted by Gasteiger charge is -2.42. The van der Waals surface area contributed by atoms with Crippen LogP contribution in [0, 0.1) is 12.3 Å². The average molecular weight is 395 g/mol. The molecule has 1 atom stereocenters. The van der Waals surface area contributed by atoms with E-state index < -0.39 is 0 Å². The summed E-state index contributed by atoms with van der Waals surface area (Å²) in [7, 11) is 0. The molecule has 1 spiro atoms. The van der Waals surface area contributed by atoms with Gasteiger partial charge < -0.3 is 10.6 Å². The minimum Gasteiger partial charge on any atom is -0.342 e. The first-order chi connectivity index (χ1) is 13.7. The monoisotopic (exact) mass is 394 g/mol. The zero-order chi connectivity index (χ0) is 19.1. The average Bonchev–Trinajstić information content (AvgIpc) is 3.33. The predicted octanol–water partition coefficient (Wildman–Crippen LogP) is 3.68. The van der Waals surface area contributed by atoms with Crippen molar-refractivity contribution in [1.29, 1.82) is 0 Å². The van der Waals surface area contributed by atoms with Gasteiger partial charge in [-0.3, -0.25) is 9.38 Å². The largest absolute Gasteiger partial charge is 0.342 e. The molecule has 0 radical (unpaired) electrons. The van der Waals surface area contributed by atoms with Crippen molar-refractivity contribution in [3.05, 3.63) is 42.6 Å². The highest BCUT2D eigenvalue weighted by molar-refractivity contribution is 7.99. The Morgan fingerprint density at radius 1 is 1.11 bits per heavy atom. The fraction of sp³-hybridized carbons (Fsp3) is 0.476. The smallest absolute Gasteiger partial charge is 0.211 e. The zero-order valence-corrected chi connectivity index (χ0v) is 17.0. The molecule has 3 aromatic heterocycles. The second-order valence-corrected chi connectivity index (χ2v) is 9.22. The van der Waals surface area contributed by atoms with Crippen LogP contribution in [0.5, 0.6) is 0 Å². The molecule has 3 aromatic rings. The zero-order valence-electron chi connectivity index (χ0n) is 16.2. The van der Waals surface area contributed by atoms with E-state index in [2.05, 4.69) is 26.2 Å². The van der Waals surface area contributed by atoms with Gasteiger partial charge in [-0.25, -0.2) is 9.97 Å². The topological polar surface area (TPSA) is 72.3 Å². The van der Waals surface area contributed by atoms with Crippen LogP contribution in [-0.2, 0) is 0 Å². The Kier molecular flexibility index (Phi) is 4.51. The van der Waals surface area contributed by atoms with Crippen molar-refractivity contribution in [3.63, 3.8) is 0 Å². The van der Waals surface area contributed by atoms with Gasteiger partial charge in [-0.15, -0.1) is 0 Å². The first kappa shape index (κ1) is 17.9. The molecule has 1 aliphatic carbocycles. The fourth-order valence-electron chi connectivity index (χ4n) is 4.82. The fourth-order valence-corrected chi connectivity index (χ4v) is 5.75. The molecule has 0 bridgehead atoms. The summed E-state index contributed by atoms with van der Waals surface area (Å²) in [6, 6.07) is 2.42. The van der Waals surface area contributed by atoms with Crippen molar-refractivity contribution in [2.45, 2.75) is 54.9 Å². The van der Waals surface area contributed by atoms with Crippen LogP contribution in [0.3, 0.4) is 0 Å². The van der Waals surface area contributed by atoms with Crippen LogP contribution in [0.15, 0.2) is 46.8 Å². The SMILES string of the molecule is Cc1cnccc1Sc1cnc(N2CCC3(CCC[C@H]3N)CC2)n2ccnc12. The molecule has 2 fully saturated rings. The van der Waals surface area contributed by atoms with Crippen LogP contribution in [0.1, 0.15) is 37.7 Å². The van der Waals surface area contributed by atoms with Crippen molar-refractivity contribution >= 4 is 23.4 Å². The Balaban J connectivity index is 1.41. The van der Waals surface area contributed by atoms with Crippen LogP contribution < -0.4 is 10.6 Å². The van der Waals surface area contributed by atoms with Gasteiger partial charge in [-0.05, 0) is 49.7 Å². The molecule has 4 heterocycles. The Bertz CT molecular complexity index is 991. The Labute approximate surface area is 169 Å². The molecule has 1 saturated carbocycles. The minimum absolute atomic E-state index is 0.360. The predicted molar refractivity (Wildman–Crippen MR) is 112 cm³/mol. The van der Waals surface area contributed by atoms with Gasteiger partial charge in [0.25, 0.3) is 0 Å². The lowest BCUT2D eigenvalue weighted by molar-refractivity contribution is 0.197. The van der Waals surface area contributed by atoms with E-state index in [4.69, 9.17) is 10.7 Å². The second kappa shape index (κ2) is 7.04. The molecule has 1 saturated heterocycles. The molecule has 0 aromatic carbocycles. The van der Waals surface area contributed by atoms with Crippen LogP contribution in [0.4, 0.5) is 5.95 Å². The summed E-state index contributed by atoms with van der Waals surface area (Å²) in [5.74, 6) is 0.990. The van der Waals surface area contributed by atoms with Crippen molar-refractivity contribution in [2.75, 3.05) is 18.0 Å². The van der Waals surface area contributed by atoms with E-state index in [9.17, 15) is 0 Å². The molecular formula is C21H26N6S. The number of nitrogens with zero attached hydrogens (tertiary/aromatic N) is 5. The molecular weight excluding hydrogens is 368 g/mol. The van der Waals surface area contributed by atoms with E-state index in [0.29, 0.717) is 11.5 Å². The van der Waals surface area contributed by atoms with Gasteiger partial charge in [-0.2, -0.15) is 0 Å². The maximum atomic E-state index is 6.45. The first-order valence-corrected chi connectivity index (χ1v) is 10.9. The second-order valence-electron chi connectivity index (χ2n) is 8.13. The molecule has 5 rings (SSSR count). The number of fused-ring (bicyclic) bond motifs is 1. The highest BCUT2D eigenvalue weighted by Crippen LogP contribution is 2.46. The number of rotatable bonds is 3. The van der Waals surface area contributed by atoms with Gasteiger partial charge in [0.15, 0.2) is 5.65 Å². The lowest BCUT2D eigenvalue weighted by Crippen LogP contribution is -2.47. The number of nitrogens with two attached hydrogens (primary N) is 1. The summed E-state index contributed by atoms with van der Waals surface area (Å²) in [6.45, 7) is 4.12. The van der Waals surface area contributed by atoms with Gasteiger partial charge in [0.2, 0.25) is 5.95 Å². The number of aromatic nitrogens is 4. The summed E-state index contributed by atoms with van der Waals surface area (Å²) < 4.78 is 2.13. The number of pyridine rings is 1. The van der Waals surface area contributed by atoms with Crippen molar-refractivity contribution < 1.29 is 0 Å². The Morgan fingerprint density at radius 2 is 1.96 bits per heavy atom. The number of anilines is 1. The van der Waals surface area contributed by atoms with E-state index in [-0.39, 0.29) is 0 Å². The van der Waals surface area contributed by atoms with Crippen LogP contribution in [0.2, 0.25) is 0 Å². The number of aryl methyl sites for hydroxylation is 1. The van der Waals surface area contributed by atoms with Crippen LogP contribution in [-0.4, -0.2) is 38.5 Å². The summed E-state index contributed by atoms with van der Waals surface area (Å²) in [5, 5.41) is 0. The summed E-state index contributed by atoms with van der Waals surface area (Å²) in [6.07, 6.45) is 15.7. The normalized spacial score (nSPS) is 21.6. The third kappa shape index (κ3) is 2.97. The van der Waals surface area contributed by atoms with E-state index in [1.54, 1.807) is 11.8 Å². The summed E-state index contributed by atoms with van der Waals surface area (Å²) in [5.41, 5.74) is 8.94. The van der Waals surface area contributed by atoms with Gasteiger partial charge in [-0.1, -0.05) is 18.2 Å². The first-order valence-electron chi connectivity index (χ1n) is 10.1. The molecule has 0 amide bonds. The summed E-state index contributed by atoms with van der Waals surface area (Å²) in [4.78, 5) is 18.3. The molecule has 1 aliphatic heterocycles. The summed E-state index contributed by atoms with van der Waals surface area (Å²) >= 11 is 1.70. The molecule has 0 unspecified atom stereocenters. The number of imidazole rings is 1. The van der Waals surface area contributed by atoms with Gasteiger partial charge in [0.05, 0.1) is 4.90 Å². The molecule has 146 valence electrons. The number of piperidine rings is 1. The van der Waals surface area contributed by atoms with Gasteiger partial charge >= 0.3 is 0 Å². The molecule has 6 nitrogen and oxygen atoms in total. The van der Waals surface area contributed by atoms with Crippen LogP contribution >= 0.6 is 11.8 Å². The van der Waals surface area contributed by atoms with Crippen LogP contribution in [0.25, 0.3) is 5.65 Å². The lowest BCUT2D eigenvalue weighted by atomic mass is 9.74. The number of hydrogen-bond donors (Lipinski definition) is 1. The third-order valence-corrected chi connectivity index (χ3v) is 7.77. The molecule has 2 N–H and O–H groups in total. The van der Waals surface area contributed by atoms with E-state index in [1.807, 2.05) is 37.1 Å². The van der Waals surface area contributed by atoms with Crippen molar-refractivity contribution in [2.24, 2.45) is 11.1 Å². The van der Waals surface area contributed by atoms with Crippen molar-refractivity contribution in [3.8, 4) is 0 Å². The van der Waals surface area contributed by atoms with E-state index in [1.165, 1.54) is 37.0 Å². The standard InChI is InChI=1S/C21H26N6S/c1-15-13-23-8-4-16(15)28-17-14-25-20(27-12-9-24-19(17)27)26-10-6-21(7-11-26)5-2-3-18(21)22/h4,8-9,12-14,18H,2-3,5-7,10-11,22H2,1H3/t18-/m1/s1. The minimum atomic E-state index is 0.360. The van der Waals surface area contributed by atoms with Gasteiger partial charge in [0.1, 0.15) is 0 Å². The highest BCUT2D eigenvalue weighted by atomic mass is 32.2. The molecule has 2 aliphatic rings. The molecule has 7 heteroatoms. The van der Waals surface area contributed by atoms with Crippen molar-refractivity contribution in [1.82, 2.24) is 19.4 Å². The quantitative estimate of drug-likeness (QED) is 0.731. The molecule has 28 heavy (non-hydrogen) atoms. The highest BCUT2D eigenvalue weighted by Gasteiger charge is 2.43. The maximum Gasteiger partial charge on any atom is 0.211 e.